The van der Waals surface area contributed by atoms with E-state index in [1.807, 2.05) is 42.8 Å². The first kappa shape index (κ1) is 19.3. The zero-order valence-electron chi connectivity index (χ0n) is 15.1. The third-order valence-electron chi connectivity index (χ3n) is 3.95. The molecule has 0 saturated carbocycles. The first-order valence-electron chi connectivity index (χ1n) is 8.25. The van der Waals surface area contributed by atoms with Gasteiger partial charge in [-0.1, -0.05) is 23.4 Å². The predicted octanol–water partition coefficient (Wildman–Crippen LogP) is 4.26. The maximum Gasteiger partial charge on any atom is 0.237 e. The topological polar surface area (TPSA) is 69.0 Å². The van der Waals surface area contributed by atoms with E-state index in [2.05, 4.69) is 15.5 Å². The molecule has 1 N–H and O–H groups in total. The molecule has 2 aromatic carbocycles. The first-order chi connectivity index (χ1) is 13.0. The van der Waals surface area contributed by atoms with Crippen LogP contribution in [0.2, 0.25) is 5.02 Å². The molecule has 0 bridgehead atoms. The molecule has 1 heterocycles. The number of thioether (sulfide) groups is 1. The Morgan fingerprint density at radius 3 is 2.44 bits per heavy atom. The minimum Gasteiger partial charge on any atom is -0.497 e. The number of halogens is 1. The van der Waals surface area contributed by atoms with Crippen LogP contribution in [-0.2, 0) is 11.8 Å². The van der Waals surface area contributed by atoms with Crippen molar-refractivity contribution in [3.8, 4) is 17.1 Å². The lowest BCUT2D eigenvalue weighted by molar-refractivity contribution is -0.115. The first-order valence-corrected chi connectivity index (χ1v) is 9.50. The van der Waals surface area contributed by atoms with E-state index >= 15 is 0 Å². The maximum atomic E-state index is 12.4. The molecule has 6 nitrogen and oxygen atoms in total. The number of nitrogens with zero attached hydrogens (tertiary/aromatic N) is 3. The van der Waals surface area contributed by atoms with Gasteiger partial charge in [0.05, 0.1) is 12.4 Å². The number of amides is 1. The van der Waals surface area contributed by atoms with E-state index in [1.54, 1.807) is 31.4 Å². The molecule has 1 amide bonds. The van der Waals surface area contributed by atoms with Crippen LogP contribution in [0.3, 0.4) is 0 Å². The van der Waals surface area contributed by atoms with E-state index in [4.69, 9.17) is 16.3 Å². The Kier molecular flexibility index (Phi) is 6.03. The summed E-state index contributed by atoms with van der Waals surface area (Å²) in [6.45, 7) is 1.83. The molecular formula is C19H19ClN4O2S. The van der Waals surface area contributed by atoms with Crippen molar-refractivity contribution in [2.75, 3.05) is 12.4 Å². The van der Waals surface area contributed by atoms with E-state index in [-0.39, 0.29) is 11.2 Å². The Morgan fingerprint density at radius 2 is 1.81 bits per heavy atom. The lowest BCUT2D eigenvalue weighted by Crippen LogP contribution is -2.22. The molecule has 1 aromatic heterocycles. The molecule has 3 aromatic rings. The van der Waals surface area contributed by atoms with Crippen LogP contribution in [0, 0.1) is 0 Å². The fraction of sp³-hybridized carbons (Fsp3) is 0.211. The molecule has 0 aliphatic rings. The quantitative estimate of drug-likeness (QED) is 0.624. The Morgan fingerprint density at radius 1 is 1.15 bits per heavy atom. The van der Waals surface area contributed by atoms with E-state index < -0.39 is 0 Å². The monoisotopic (exact) mass is 402 g/mol. The minimum atomic E-state index is -0.340. The summed E-state index contributed by atoms with van der Waals surface area (Å²) in [6, 6.07) is 14.6. The Balaban J connectivity index is 1.68. The molecule has 0 aliphatic carbocycles. The summed E-state index contributed by atoms with van der Waals surface area (Å²) in [5, 5.41) is 12.3. The number of rotatable bonds is 6. The van der Waals surface area contributed by atoms with Crippen molar-refractivity contribution in [2.24, 2.45) is 7.05 Å². The lowest BCUT2D eigenvalue weighted by Gasteiger charge is -2.12. The third kappa shape index (κ3) is 4.61. The van der Waals surface area contributed by atoms with E-state index in [0.29, 0.717) is 15.9 Å². The molecule has 0 unspecified atom stereocenters. The fourth-order valence-electron chi connectivity index (χ4n) is 2.40. The largest absolute Gasteiger partial charge is 0.497 e. The smallest absolute Gasteiger partial charge is 0.237 e. The number of hydrogen-bond donors (Lipinski definition) is 1. The van der Waals surface area contributed by atoms with Crippen LogP contribution in [0.1, 0.15) is 6.92 Å². The zero-order chi connectivity index (χ0) is 19.4. The summed E-state index contributed by atoms with van der Waals surface area (Å²) in [7, 11) is 3.51. The molecule has 0 saturated heterocycles. The second-order valence-electron chi connectivity index (χ2n) is 5.85. The number of carbonyl (C=O) groups excluding carboxylic acids is 1. The van der Waals surface area contributed by atoms with Crippen LogP contribution < -0.4 is 10.1 Å². The van der Waals surface area contributed by atoms with Crippen LogP contribution in [0.15, 0.2) is 53.7 Å². The van der Waals surface area contributed by atoms with Crippen molar-refractivity contribution < 1.29 is 9.53 Å². The van der Waals surface area contributed by atoms with Gasteiger partial charge >= 0.3 is 0 Å². The minimum absolute atomic E-state index is 0.115. The molecular weight excluding hydrogens is 384 g/mol. The van der Waals surface area contributed by atoms with Crippen molar-refractivity contribution in [3.63, 3.8) is 0 Å². The Hall–Kier alpha value is -2.51. The summed E-state index contributed by atoms with van der Waals surface area (Å²) in [4.78, 5) is 12.4. The fourth-order valence-corrected chi connectivity index (χ4v) is 3.34. The Labute approximate surface area is 166 Å². The van der Waals surface area contributed by atoms with E-state index in [0.717, 1.165) is 17.1 Å². The lowest BCUT2D eigenvalue weighted by atomic mass is 10.2. The van der Waals surface area contributed by atoms with Crippen LogP contribution in [-0.4, -0.2) is 33.0 Å². The van der Waals surface area contributed by atoms with Gasteiger partial charge in [-0.3, -0.25) is 4.79 Å². The summed E-state index contributed by atoms with van der Waals surface area (Å²) in [6.07, 6.45) is 0. The number of benzene rings is 2. The van der Waals surface area contributed by atoms with Crippen LogP contribution in [0.25, 0.3) is 11.4 Å². The molecule has 8 heteroatoms. The van der Waals surface area contributed by atoms with Crippen LogP contribution in [0.5, 0.6) is 5.75 Å². The van der Waals surface area contributed by atoms with Crippen molar-refractivity contribution in [1.29, 1.82) is 0 Å². The van der Waals surface area contributed by atoms with Crippen molar-refractivity contribution in [3.05, 3.63) is 53.6 Å². The molecule has 3 rings (SSSR count). The summed E-state index contributed by atoms with van der Waals surface area (Å²) in [5.41, 5.74) is 1.63. The van der Waals surface area contributed by atoms with Gasteiger partial charge in [0.2, 0.25) is 5.91 Å². The molecule has 1 atom stereocenters. The number of ether oxygens (including phenoxy) is 1. The molecule has 140 valence electrons. The highest BCUT2D eigenvalue weighted by atomic mass is 35.5. The Bertz CT molecular complexity index is 926. The van der Waals surface area contributed by atoms with Gasteiger partial charge in [-0.05, 0) is 55.5 Å². The second-order valence-corrected chi connectivity index (χ2v) is 7.59. The highest BCUT2D eigenvalue weighted by Gasteiger charge is 2.19. The standard InChI is InChI=1S/C19H19ClN4O2S/c1-12(18(25)21-15-8-6-14(20)7-9-15)27-19-23-22-17(24(19)2)13-4-10-16(26-3)11-5-13/h4-12H,1-3H3,(H,21,25)/t12-/m0/s1. The maximum absolute atomic E-state index is 12.4. The second kappa shape index (κ2) is 8.45. The number of carbonyl (C=O) groups is 1. The number of methoxy groups -OCH3 is 1. The van der Waals surface area contributed by atoms with Crippen molar-refractivity contribution in [2.45, 2.75) is 17.3 Å². The van der Waals surface area contributed by atoms with Gasteiger partial charge in [-0.2, -0.15) is 0 Å². The van der Waals surface area contributed by atoms with Gasteiger partial charge in [0.25, 0.3) is 0 Å². The van der Waals surface area contributed by atoms with E-state index in [9.17, 15) is 4.79 Å². The summed E-state index contributed by atoms with van der Waals surface area (Å²) in [5.74, 6) is 1.39. The van der Waals surface area contributed by atoms with Gasteiger partial charge < -0.3 is 14.6 Å². The number of hydrogen-bond acceptors (Lipinski definition) is 5. The van der Waals surface area contributed by atoms with Crippen LogP contribution in [0.4, 0.5) is 5.69 Å². The third-order valence-corrected chi connectivity index (χ3v) is 5.33. The molecule has 27 heavy (non-hydrogen) atoms. The number of nitrogens with one attached hydrogen (secondary N) is 1. The molecule has 0 spiro atoms. The van der Waals surface area contributed by atoms with Gasteiger partial charge in [0, 0.05) is 23.3 Å². The van der Waals surface area contributed by atoms with Crippen molar-refractivity contribution >= 4 is 35.0 Å². The van der Waals surface area contributed by atoms with Gasteiger partial charge in [-0.25, -0.2) is 0 Å². The molecule has 0 radical (unpaired) electrons. The predicted molar refractivity (Wildman–Crippen MR) is 108 cm³/mol. The average molecular weight is 403 g/mol. The van der Waals surface area contributed by atoms with Gasteiger partial charge in [0.15, 0.2) is 11.0 Å². The van der Waals surface area contributed by atoms with Crippen molar-refractivity contribution in [1.82, 2.24) is 14.8 Å². The molecule has 0 fully saturated rings. The average Bonchev–Trinajstić information content (AvgIpc) is 3.04. The highest BCUT2D eigenvalue weighted by molar-refractivity contribution is 8.00. The highest BCUT2D eigenvalue weighted by Crippen LogP contribution is 2.27. The number of anilines is 1. The van der Waals surface area contributed by atoms with Gasteiger partial charge in [0.1, 0.15) is 5.75 Å². The normalized spacial score (nSPS) is 11.9. The number of aromatic nitrogens is 3. The van der Waals surface area contributed by atoms with E-state index in [1.165, 1.54) is 11.8 Å². The zero-order valence-corrected chi connectivity index (χ0v) is 16.7. The summed E-state index contributed by atoms with van der Waals surface area (Å²) < 4.78 is 7.05. The van der Waals surface area contributed by atoms with Crippen LogP contribution >= 0.6 is 23.4 Å². The summed E-state index contributed by atoms with van der Waals surface area (Å²) >= 11 is 7.21. The molecule has 0 aliphatic heterocycles. The van der Waals surface area contributed by atoms with Gasteiger partial charge in [-0.15, -0.1) is 10.2 Å². The SMILES string of the molecule is COc1ccc(-c2nnc(S[C@@H](C)C(=O)Nc3ccc(Cl)cc3)n2C)cc1.